The molecule has 0 saturated carbocycles. The molecule has 2 aliphatic heterocycles. The van der Waals surface area contributed by atoms with Crippen molar-refractivity contribution in [3.63, 3.8) is 0 Å². The number of halogens is 1. The number of benzene rings is 1. The molecule has 2 fully saturated rings. The van der Waals surface area contributed by atoms with E-state index < -0.39 is 6.29 Å². The van der Waals surface area contributed by atoms with E-state index in [9.17, 15) is 4.79 Å². The number of aromatic nitrogens is 3. The van der Waals surface area contributed by atoms with Gasteiger partial charge in [0.15, 0.2) is 5.78 Å². The van der Waals surface area contributed by atoms with Crippen LogP contribution in [-0.2, 0) is 25.6 Å². The fourth-order valence-corrected chi connectivity index (χ4v) is 2.91. The van der Waals surface area contributed by atoms with Crippen LogP contribution >= 0.6 is 11.6 Å². The van der Waals surface area contributed by atoms with Gasteiger partial charge < -0.3 is 14.2 Å². The van der Waals surface area contributed by atoms with Crippen molar-refractivity contribution in [2.75, 3.05) is 6.61 Å². The van der Waals surface area contributed by atoms with Gasteiger partial charge in [-0.1, -0.05) is 28.9 Å². The summed E-state index contributed by atoms with van der Waals surface area (Å²) in [6.07, 6.45) is 0.832. The van der Waals surface area contributed by atoms with E-state index in [-0.39, 0.29) is 24.6 Å². The van der Waals surface area contributed by atoms with Gasteiger partial charge in [-0.3, -0.25) is 4.79 Å². The van der Waals surface area contributed by atoms with E-state index >= 15 is 0 Å². The number of carbonyl (C=O) groups is 1. The Morgan fingerprint density at radius 1 is 1.39 bits per heavy atom. The predicted octanol–water partition coefficient (Wildman–Crippen LogP) is 1.52. The maximum absolute atomic E-state index is 11.7. The van der Waals surface area contributed by atoms with Gasteiger partial charge in [-0.2, -0.15) is 0 Å². The van der Waals surface area contributed by atoms with Gasteiger partial charge in [0.05, 0.1) is 36.2 Å². The first-order valence-corrected chi connectivity index (χ1v) is 7.66. The third-order valence-electron chi connectivity index (χ3n) is 3.88. The van der Waals surface area contributed by atoms with Crippen molar-refractivity contribution in [1.29, 1.82) is 0 Å². The standard InChI is InChI=1S/C15H14ClN3O4/c16-10-3-1-2-4-11(10)19-6-9(17-18-19)7-21-13-5-12(20)15-22-8-14(13)23-15/h1-4,6,13-15H,5,7-8H2/t13-,14+,15+/m0/s1. The Morgan fingerprint density at radius 2 is 2.26 bits per heavy atom. The van der Waals surface area contributed by atoms with Gasteiger partial charge in [-0.15, -0.1) is 5.10 Å². The summed E-state index contributed by atoms with van der Waals surface area (Å²) >= 11 is 6.14. The van der Waals surface area contributed by atoms with Gasteiger partial charge in [0, 0.05) is 6.42 Å². The number of ether oxygens (including phenoxy) is 3. The summed E-state index contributed by atoms with van der Waals surface area (Å²) in [6.45, 7) is 0.625. The quantitative estimate of drug-likeness (QED) is 0.843. The maximum Gasteiger partial charge on any atom is 0.218 e. The number of hydrogen-bond donors (Lipinski definition) is 0. The zero-order chi connectivity index (χ0) is 15.8. The van der Waals surface area contributed by atoms with Gasteiger partial charge >= 0.3 is 0 Å². The van der Waals surface area contributed by atoms with Gasteiger partial charge in [-0.05, 0) is 12.1 Å². The highest BCUT2D eigenvalue weighted by Gasteiger charge is 2.43. The average Bonchev–Trinajstić information content (AvgIpc) is 3.19. The van der Waals surface area contributed by atoms with Crippen LogP contribution in [0.2, 0.25) is 5.02 Å². The molecule has 2 aromatic rings. The van der Waals surface area contributed by atoms with Gasteiger partial charge in [0.1, 0.15) is 11.8 Å². The van der Waals surface area contributed by atoms with Crippen LogP contribution in [0.4, 0.5) is 0 Å². The van der Waals surface area contributed by atoms with Crippen LogP contribution in [0.25, 0.3) is 5.69 Å². The molecule has 1 aromatic heterocycles. The Kier molecular flexibility index (Phi) is 3.86. The molecule has 23 heavy (non-hydrogen) atoms. The van der Waals surface area contributed by atoms with Crippen LogP contribution in [0, 0.1) is 0 Å². The van der Waals surface area contributed by atoms with Crippen LogP contribution < -0.4 is 0 Å². The van der Waals surface area contributed by atoms with Crippen molar-refractivity contribution in [2.45, 2.75) is 31.5 Å². The van der Waals surface area contributed by atoms with Gasteiger partial charge in [-0.25, -0.2) is 4.68 Å². The fraction of sp³-hybridized carbons (Fsp3) is 0.400. The zero-order valence-electron chi connectivity index (χ0n) is 12.1. The first-order chi connectivity index (χ1) is 11.2. The molecule has 1 aromatic carbocycles. The molecule has 0 unspecified atom stereocenters. The first-order valence-electron chi connectivity index (χ1n) is 7.28. The van der Waals surface area contributed by atoms with Crippen molar-refractivity contribution >= 4 is 17.4 Å². The lowest BCUT2D eigenvalue weighted by Gasteiger charge is -2.25. The van der Waals surface area contributed by atoms with E-state index in [4.69, 9.17) is 25.8 Å². The maximum atomic E-state index is 11.7. The fourth-order valence-electron chi connectivity index (χ4n) is 2.69. The molecule has 0 N–H and O–H groups in total. The van der Waals surface area contributed by atoms with Gasteiger partial charge in [0.25, 0.3) is 0 Å². The number of rotatable bonds is 4. The summed E-state index contributed by atoms with van der Waals surface area (Å²) in [4.78, 5) is 11.7. The second-order valence-electron chi connectivity index (χ2n) is 5.47. The van der Waals surface area contributed by atoms with Crippen molar-refractivity contribution in [3.05, 3.63) is 41.2 Å². The lowest BCUT2D eigenvalue weighted by atomic mass is 10.1. The van der Waals surface area contributed by atoms with E-state index in [1.54, 1.807) is 16.9 Å². The highest BCUT2D eigenvalue weighted by Crippen LogP contribution is 2.27. The van der Waals surface area contributed by atoms with Crippen molar-refractivity contribution in [2.24, 2.45) is 0 Å². The molecule has 0 aliphatic carbocycles. The summed E-state index contributed by atoms with van der Waals surface area (Å²) in [5, 5.41) is 8.71. The zero-order valence-corrected chi connectivity index (χ0v) is 12.8. The number of fused-ring (bicyclic) bond motifs is 2. The first kappa shape index (κ1) is 14.8. The van der Waals surface area contributed by atoms with Crippen LogP contribution in [0.1, 0.15) is 12.1 Å². The second kappa shape index (κ2) is 6.01. The Bertz CT molecular complexity index is 735. The third kappa shape index (κ3) is 2.88. The lowest BCUT2D eigenvalue weighted by molar-refractivity contribution is -0.168. The minimum absolute atomic E-state index is 0.0801. The average molecular weight is 336 g/mol. The van der Waals surface area contributed by atoms with Crippen molar-refractivity contribution in [1.82, 2.24) is 15.0 Å². The highest BCUT2D eigenvalue weighted by molar-refractivity contribution is 6.32. The van der Waals surface area contributed by atoms with Crippen molar-refractivity contribution < 1.29 is 19.0 Å². The van der Waals surface area contributed by atoms with E-state index in [2.05, 4.69) is 10.3 Å². The molecule has 0 spiro atoms. The summed E-state index contributed by atoms with van der Waals surface area (Å²) in [7, 11) is 0. The lowest BCUT2D eigenvalue weighted by Crippen LogP contribution is -2.40. The molecule has 3 heterocycles. The molecule has 4 rings (SSSR count). The molecule has 3 atom stereocenters. The monoisotopic (exact) mass is 335 g/mol. The third-order valence-corrected chi connectivity index (χ3v) is 4.20. The summed E-state index contributed by atoms with van der Waals surface area (Å²) in [6, 6.07) is 7.37. The normalized spacial score (nSPS) is 26.7. The molecular weight excluding hydrogens is 322 g/mol. The Balaban J connectivity index is 1.42. The van der Waals surface area contributed by atoms with E-state index in [0.29, 0.717) is 23.7 Å². The van der Waals surface area contributed by atoms with Gasteiger partial charge in [0.2, 0.25) is 6.29 Å². The summed E-state index contributed by atoms with van der Waals surface area (Å²) in [5.74, 6) is -0.0801. The highest BCUT2D eigenvalue weighted by atomic mass is 35.5. The molecule has 0 amide bonds. The topological polar surface area (TPSA) is 75.5 Å². The summed E-state index contributed by atoms with van der Waals surface area (Å²) < 4.78 is 18.1. The molecule has 7 nitrogen and oxygen atoms in total. The molecular formula is C15H14ClN3O4. The molecule has 120 valence electrons. The Morgan fingerprint density at radius 3 is 3.13 bits per heavy atom. The largest absolute Gasteiger partial charge is 0.369 e. The van der Waals surface area contributed by atoms with E-state index in [1.165, 1.54) is 0 Å². The molecule has 2 saturated heterocycles. The van der Waals surface area contributed by atoms with Crippen LogP contribution in [0.15, 0.2) is 30.5 Å². The number of hydrogen-bond acceptors (Lipinski definition) is 6. The second-order valence-corrected chi connectivity index (χ2v) is 5.87. The molecule has 8 heteroatoms. The molecule has 0 radical (unpaired) electrons. The minimum atomic E-state index is -0.707. The van der Waals surface area contributed by atoms with Crippen molar-refractivity contribution in [3.8, 4) is 5.69 Å². The number of Topliss-reactive ketones (excluding diaryl/α,β-unsaturated/α-hetero) is 1. The minimum Gasteiger partial charge on any atom is -0.369 e. The summed E-state index contributed by atoms with van der Waals surface area (Å²) in [5.41, 5.74) is 1.40. The smallest absolute Gasteiger partial charge is 0.218 e. The predicted molar refractivity (Wildman–Crippen MR) is 79.2 cm³/mol. The van der Waals surface area contributed by atoms with Crippen LogP contribution in [0.5, 0.6) is 0 Å². The number of carbonyl (C=O) groups excluding carboxylic acids is 1. The SMILES string of the molecule is O=C1C[C@H](OCc2cn(-c3ccccc3Cl)nn2)[C@H]2CO[C@@H]1O2. The van der Waals surface area contributed by atoms with E-state index in [0.717, 1.165) is 5.69 Å². The Labute approximate surface area is 137 Å². The van der Waals surface area contributed by atoms with Crippen LogP contribution in [0.3, 0.4) is 0 Å². The number of nitrogens with zero attached hydrogens (tertiary/aromatic N) is 3. The van der Waals surface area contributed by atoms with Crippen LogP contribution in [-0.4, -0.2) is 45.9 Å². The number of ketones is 1. The molecule has 2 aliphatic rings. The Hall–Kier alpha value is -1.80. The van der Waals surface area contributed by atoms with E-state index in [1.807, 2.05) is 18.2 Å². The number of para-hydroxylation sites is 1. The molecule has 2 bridgehead atoms.